The molecule has 0 saturated heterocycles. The fourth-order valence-corrected chi connectivity index (χ4v) is 11.9. The molecule has 0 N–H and O–H groups in total. The first-order chi connectivity index (χ1) is 22.1. The molecule has 5 aliphatic carbocycles. The van der Waals surface area contributed by atoms with Crippen molar-refractivity contribution in [1.29, 1.82) is 0 Å². The van der Waals surface area contributed by atoms with Gasteiger partial charge in [-0.25, -0.2) is 0 Å². The highest BCUT2D eigenvalue weighted by Crippen LogP contribution is 2.77. The van der Waals surface area contributed by atoms with Gasteiger partial charge in [0.25, 0.3) is 0 Å². The van der Waals surface area contributed by atoms with Crippen molar-refractivity contribution in [1.82, 2.24) is 0 Å². The molecule has 0 heterocycles. The monoisotopic (exact) mass is 644 g/mol. The van der Waals surface area contributed by atoms with Gasteiger partial charge in [0.1, 0.15) is 12.4 Å². The van der Waals surface area contributed by atoms with Crippen LogP contribution in [0.15, 0.2) is 42.0 Å². The number of esters is 2. The van der Waals surface area contributed by atoms with E-state index >= 15 is 0 Å². The number of ether oxygens (including phenoxy) is 2. The first-order valence-corrected chi connectivity index (χ1v) is 18.3. The standard InChI is InChI=1S/C41H56O6/c1-8-46-33(44)15-17-40-21-18-36(3,4)25-29(40)34-31(43)24-32-37(5,39(34,7)19-22-40)20-23-41(27(2)30(42)14-16-38(32,41)6)35(45)47-26-28-12-10-9-11-13-28/h9-13,24,27,29,34H,8,14-23,25-26H2,1-7H3/t27-,29?,34?,37-,38-,39-,40-,41?/m1/s1. The Morgan fingerprint density at radius 2 is 1.55 bits per heavy atom. The maximum atomic E-state index is 14.9. The van der Waals surface area contributed by atoms with Gasteiger partial charge < -0.3 is 9.47 Å². The Morgan fingerprint density at radius 3 is 2.26 bits per heavy atom. The summed E-state index contributed by atoms with van der Waals surface area (Å²) in [5, 5.41) is 0. The van der Waals surface area contributed by atoms with Crippen LogP contribution >= 0.6 is 0 Å². The molecule has 1 aromatic carbocycles. The molecule has 4 saturated carbocycles. The van der Waals surface area contributed by atoms with Gasteiger partial charge in [0.2, 0.25) is 0 Å². The predicted octanol–water partition coefficient (Wildman–Crippen LogP) is 8.60. The van der Waals surface area contributed by atoms with Crippen LogP contribution < -0.4 is 0 Å². The minimum absolute atomic E-state index is 0.0564. The Labute approximate surface area is 281 Å². The summed E-state index contributed by atoms with van der Waals surface area (Å²) in [6.07, 6.45) is 10.4. The summed E-state index contributed by atoms with van der Waals surface area (Å²) < 4.78 is 11.5. The quantitative estimate of drug-likeness (QED) is 0.276. The fraction of sp³-hybridized carbons (Fsp3) is 0.707. The van der Waals surface area contributed by atoms with Crippen LogP contribution in [0, 0.1) is 50.2 Å². The highest BCUT2D eigenvalue weighted by atomic mass is 16.5. The molecule has 6 rings (SSSR count). The van der Waals surface area contributed by atoms with Gasteiger partial charge >= 0.3 is 11.9 Å². The first kappa shape index (κ1) is 34.1. The summed E-state index contributed by atoms with van der Waals surface area (Å²) in [5.41, 5.74) is -0.237. The Morgan fingerprint density at radius 1 is 0.851 bits per heavy atom. The van der Waals surface area contributed by atoms with Gasteiger partial charge in [-0.05, 0) is 104 Å². The van der Waals surface area contributed by atoms with E-state index in [0.717, 1.165) is 56.1 Å². The number of hydrogen-bond acceptors (Lipinski definition) is 6. The number of allylic oxidation sites excluding steroid dienone is 2. The number of Topliss-reactive ketones (excluding diaryl/α,β-unsaturated/α-hetero) is 1. The van der Waals surface area contributed by atoms with Crippen molar-refractivity contribution in [3.05, 3.63) is 47.5 Å². The minimum atomic E-state index is -1.02. The molecule has 0 radical (unpaired) electrons. The van der Waals surface area contributed by atoms with E-state index in [1.165, 1.54) is 0 Å². The number of carbonyl (C=O) groups is 4. The molecule has 6 heteroatoms. The average molecular weight is 645 g/mol. The molecular formula is C41H56O6. The molecule has 4 fully saturated rings. The molecule has 0 bridgehead atoms. The molecule has 47 heavy (non-hydrogen) atoms. The molecular weight excluding hydrogens is 588 g/mol. The van der Waals surface area contributed by atoms with Crippen molar-refractivity contribution in [3.8, 4) is 0 Å². The minimum Gasteiger partial charge on any atom is -0.466 e. The number of ketones is 2. The number of carbonyl (C=O) groups excluding carboxylic acids is 4. The summed E-state index contributed by atoms with van der Waals surface area (Å²) in [7, 11) is 0. The van der Waals surface area contributed by atoms with E-state index in [4.69, 9.17) is 9.47 Å². The number of benzene rings is 1. The SMILES string of the molecule is CCOC(=O)CC[C@]12CCC(C)(C)CC1C1C(=O)C=C3[C@@]4(C)CCC(=O)[C@@H](C)C4(C(=O)OCc4ccccc4)CC[C@@]3(C)[C@]1(C)CC2. The largest absolute Gasteiger partial charge is 0.466 e. The third-order valence-electron chi connectivity index (χ3n) is 14.9. The summed E-state index contributed by atoms with van der Waals surface area (Å²) in [6.45, 7) is 15.9. The van der Waals surface area contributed by atoms with Crippen molar-refractivity contribution in [2.75, 3.05) is 6.61 Å². The van der Waals surface area contributed by atoms with Gasteiger partial charge in [-0.2, -0.15) is 0 Å². The summed E-state index contributed by atoms with van der Waals surface area (Å²) in [4.78, 5) is 55.4. The van der Waals surface area contributed by atoms with Crippen LogP contribution in [0.5, 0.6) is 0 Å². The highest BCUT2D eigenvalue weighted by molar-refractivity contribution is 5.97. The summed E-state index contributed by atoms with van der Waals surface area (Å²) in [5.74, 6) is -0.594. The second-order valence-electron chi connectivity index (χ2n) is 17.4. The second kappa shape index (κ2) is 11.7. The van der Waals surface area contributed by atoms with E-state index in [1.807, 2.05) is 50.3 Å². The van der Waals surface area contributed by atoms with E-state index in [9.17, 15) is 19.2 Å². The van der Waals surface area contributed by atoms with E-state index in [0.29, 0.717) is 32.3 Å². The van der Waals surface area contributed by atoms with Crippen molar-refractivity contribution in [2.24, 2.45) is 50.2 Å². The average Bonchev–Trinajstić information content (AvgIpc) is 3.03. The van der Waals surface area contributed by atoms with Gasteiger partial charge in [-0.1, -0.05) is 77.4 Å². The smallest absolute Gasteiger partial charge is 0.314 e. The Bertz CT molecular complexity index is 1480. The third-order valence-corrected chi connectivity index (χ3v) is 14.9. The van der Waals surface area contributed by atoms with Crippen molar-refractivity contribution in [2.45, 2.75) is 126 Å². The van der Waals surface area contributed by atoms with Crippen LogP contribution in [0.2, 0.25) is 0 Å². The van der Waals surface area contributed by atoms with Crippen molar-refractivity contribution in [3.63, 3.8) is 0 Å². The lowest BCUT2D eigenvalue weighted by Crippen LogP contribution is -2.68. The van der Waals surface area contributed by atoms with Gasteiger partial charge in [-0.3, -0.25) is 19.2 Å². The van der Waals surface area contributed by atoms with Crippen molar-refractivity contribution >= 4 is 23.5 Å². The molecule has 0 amide bonds. The number of fused-ring (bicyclic) bond motifs is 7. The second-order valence-corrected chi connectivity index (χ2v) is 17.4. The van der Waals surface area contributed by atoms with Crippen LogP contribution in [0.1, 0.15) is 125 Å². The Balaban J connectivity index is 1.41. The van der Waals surface area contributed by atoms with Gasteiger partial charge in [0.05, 0.1) is 12.0 Å². The van der Waals surface area contributed by atoms with E-state index in [1.54, 1.807) is 0 Å². The zero-order valence-corrected chi connectivity index (χ0v) is 29.8. The third kappa shape index (κ3) is 5.00. The van der Waals surface area contributed by atoms with E-state index < -0.39 is 16.7 Å². The van der Waals surface area contributed by atoms with E-state index in [-0.39, 0.29) is 63.6 Å². The lowest BCUT2D eigenvalue weighted by molar-refractivity contribution is -0.199. The van der Waals surface area contributed by atoms with Gasteiger partial charge in [0, 0.05) is 30.1 Å². The van der Waals surface area contributed by atoms with Gasteiger partial charge in [-0.15, -0.1) is 0 Å². The van der Waals surface area contributed by atoms with E-state index in [2.05, 4.69) is 34.6 Å². The normalized spacial score (nSPS) is 40.6. The summed E-state index contributed by atoms with van der Waals surface area (Å²) in [6, 6.07) is 9.70. The lowest BCUT2D eigenvalue weighted by Gasteiger charge is -2.70. The highest BCUT2D eigenvalue weighted by Gasteiger charge is 2.73. The van der Waals surface area contributed by atoms with Crippen LogP contribution in [0.3, 0.4) is 0 Å². The number of rotatable bonds is 7. The predicted molar refractivity (Wildman–Crippen MR) is 181 cm³/mol. The molecule has 1 aromatic rings. The zero-order chi connectivity index (χ0) is 34.0. The summed E-state index contributed by atoms with van der Waals surface area (Å²) >= 11 is 0. The van der Waals surface area contributed by atoms with Crippen LogP contribution in [-0.2, 0) is 35.3 Å². The molecule has 6 nitrogen and oxygen atoms in total. The Hall–Kier alpha value is -2.76. The van der Waals surface area contributed by atoms with Crippen LogP contribution in [0.25, 0.3) is 0 Å². The zero-order valence-electron chi connectivity index (χ0n) is 29.8. The van der Waals surface area contributed by atoms with Gasteiger partial charge in [0.15, 0.2) is 5.78 Å². The molecule has 0 aromatic heterocycles. The topological polar surface area (TPSA) is 86.7 Å². The van der Waals surface area contributed by atoms with Crippen LogP contribution in [-0.4, -0.2) is 30.1 Å². The maximum absolute atomic E-state index is 14.9. The van der Waals surface area contributed by atoms with Crippen LogP contribution in [0.4, 0.5) is 0 Å². The first-order valence-electron chi connectivity index (χ1n) is 18.3. The fourth-order valence-electron chi connectivity index (χ4n) is 11.9. The molecule has 3 unspecified atom stereocenters. The molecule has 0 aliphatic heterocycles. The lowest BCUT2D eigenvalue weighted by atomic mass is 9.32. The number of hydrogen-bond donors (Lipinski definition) is 0. The maximum Gasteiger partial charge on any atom is 0.314 e. The molecule has 256 valence electrons. The molecule has 0 spiro atoms. The Kier molecular flexibility index (Phi) is 8.48. The molecule has 8 atom stereocenters. The molecule has 5 aliphatic rings. The van der Waals surface area contributed by atoms with Crippen molar-refractivity contribution < 1.29 is 28.7 Å².